The lowest BCUT2D eigenvalue weighted by molar-refractivity contribution is -0.134. The SMILES string of the molecule is CS(=O)(=O)N1CCN(CCOc2ccc3c(ccc4occ([C@H]5CCC(=O)NC5=O)c43)c2)CC1. The van der Waals surface area contributed by atoms with Crippen molar-refractivity contribution in [3.8, 4) is 5.75 Å². The molecule has 180 valence electrons. The third kappa shape index (κ3) is 4.53. The summed E-state index contributed by atoms with van der Waals surface area (Å²) < 4.78 is 36.5. The van der Waals surface area contributed by atoms with Gasteiger partial charge in [0.05, 0.1) is 18.4 Å². The molecule has 0 saturated carbocycles. The standard InChI is InChI=1S/C24H27N3O6S/c1-34(30,31)27-10-8-26(9-11-27)12-13-32-17-3-4-18-16(14-17)2-6-21-23(18)20(15-33-21)19-5-7-22(28)25-24(19)29/h2-4,6,14-15,19H,5,7-13H2,1H3,(H,25,28,29)/t19-/m1/s1. The minimum atomic E-state index is -3.13. The predicted molar refractivity (Wildman–Crippen MR) is 127 cm³/mol. The van der Waals surface area contributed by atoms with Crippen molar-refractivity contribution in [2.75, 3.05) is 45.6 Å². The molecule has 9 nitrogen and oxygen atoms in total. The van der Waals surface area contributed by atoms with Crippen LogP contribution in [0.4, 0.5) is 0 Å². The minimum absolute atomic E-state index is 0.238. The van der Waals surface area contributed by atoms with Crippen LogP contribution in [0.1, 0.15) is 24.3 Å². The van der Waals surface area contributed by atoms with Crippen LogP contribution >= 0.6 is 0 Å². The molecule has 3 aromatic rings. The molecule has 1 atom stereocenters. The highest BCUT2D eigenvalue weighted by atomic mass is 32.2. The lowest BCUT2D eigenvalue weighted by Crippen LogP contribution is -2.49. The number of fused-ring (bicyclic) bond motifs is 3. The Hall–Kier alpha value is -2.95. The van der Waals surface area contributed by atoms with Gasteiger partial charge in [0, 0.05) is 50.1 Å². The Morgan fingerprint density at radius 3 is 2.65 bits per heavy atom. The van der Waals surface area contributed by atoms with Crippen LogP contribution in [-0.4, -0.2) is 75.0 Å². The summed E-state index contributed by atoms with van der Waals surface area (Å²) in [6.07, 6.45) is 3.65. The number of carbonyl (C=O) groups excluding carboxylic acids is 2. The molecule has 3 heterocycles. The van der Waals surface area contributed by atoms with E-state index in [0.717, 1.165) is 34.0 Å². The van der Waals surface area contributed by atoms with E-state index in [9.17, 15) is 18.0 Å². The third-order valence-electron chi connectivity index (χ3n) is 6.65. The second kappa shape index (κ2) is 9.01. The number of nitrogens with zero attached hydrogens (tertiary/aromatic N) is 2. The number of ether oxygens (including phenoxy) is 1. The minimum Gasteiger partial charge on any atom is -0.492 e. The van der Waals surface area contributed by atoms with E-state index in [0.29, 0.717) is 51.2 Å². The number of piperazine rings is 1. The van der Waals surface area contributed by atoms with Crippen molar-refractivity contribution in [1.29, 1.82) is 0 Å². The summed E-state index contributed by atoms with van der Waals surface area (Å²) in [5, 5.41) is 5.26. The molecule has 2 aliphatic rings. The number of hydrogen-bond acceptors (Lipinski definition) is 7. The molecule has 2 aliphatic heterocycles. The van der Waals surface area contributed by atoms with Crippen LogP contribution in [-0.2, 0) is 19.6 Å². The summed E-state index contributed by atoms with van der Waals surface area (Å²) in [6, 6.07) is 9.70. The number of sulfonamides is 1. The zero-order valence-corrected chi connectivity index (χ0v) is 19.8. The number of furan rings is 1. The summed E-state index contributed by atoms with van der Waals surface area (Å²) in [7, 11) is -3.13. The van der Waals surface area contributed by atoms with Crippen LogP contribution in [0.15, 0.2) is 41.0 Å². The summed E-state index contributed by atoms with van der Waals surface area (Å²) in [4.78, 5) is 26.2. The molecule has 5 rings (SSSR count). The maximum Gasteiger partial charge on any atom is 0.234 e. The number of piperidine rings is 1. The van der Waals surface area contributed by atoms with Crippen LogP contribution in [0, 0.1) is 0 Å². The first-order valence-electron chi connectivity index (χ1n) is 11.4. The van der Waals surface area contributed by atoms with Gasteiger partial charge < -0.3 is 9.15 Å². The van der Waals surface area contributed by atoms with E-state index in [2.05, 4.69) is 10.2 Å². The van der Waals surface area contributed by atoms with Gasteiger partial charge in [-0.2, -0.15) is 4.31 Å². The number of amides is 2. The molecule has 0 spiro atoms. The number of nitrogens with one attached hydrogen (secondary N) is 1. The Balaban J connectivity index is 1.28. The molecular weight excluding hydrogens is 458 g/mol. The normalized spacial score (nSPS) is 20.7. The molecule has 1 aromatic heterocycles. The summed E-state index contributed by atoms with van der Waals surface area (Å²) >= 11 is 0. The van der Waals surface area contributed by atoms with Crippen molar-refractivity contribution < 1.29 is 27.2 Å². The monoisotopic (exact) mass is 485 g/mol. The Morgan fingerprint density at radius 1 is 1.12 bits per heavy atom. The fourth-order valence-corrected chi connectivity index (χ4v) is 5.61. The molecule has 2 amide bonds. The van der Waals surface area contributed by atoms with E-state index in [-0.39, 0.29) is 11.8 Å². The molecule has 0 bridgehead atoms. The van der Waals surface area contributed by atoms with Gasteiger partial charge in [0.25, 0.3) is 0 Å². The number of rotatable bonds is 6. The highest BCUT2D eigenvalue weighted by molar-refractivity contribution is 7.88. The molecule has 10 heteroatoms. The Morgan fingerprint density at radius 2 is 1.91 bits per heavy atom. The van der Waals surface area contributed by atoms with Gasteiger partial charge in [-0.25, -0.2) is 8.42 Å². The zero-order chi connectivity index (χ0) is 23.9. The topological polar surface area (TPSA) is 109 Å². The second-order valence-electron chi connectivity index (χ2n) is 8.87. The quantitative estimate of drug-likeness (QED) is 0.532. The lowest BCUT2D eigenvalue weighted by Gasteiger charge is -2.33. The van der Waals surface area contributed by atoms with Gasteiger partial charge >= 0.3 is 0 Å². The first-order valence-corrected chi connectivity index (χ1v) is 13.2. The third-order valence-corrected chi connectivity index (χ3v) is 7.95. The van der Waals surface area contributed by atoms with Gasteiger partial charge in [-0.3, -0.25) is 19.8 Å². The van der Waals surface area contributed by atoms with E-state index in [1.807, 2.05) is 30.3 Å². The van der Waals surface area contributed by atoms with Crippen LogP contribution in [0.3, 0.4) is 0 Å². The highest BCUT2D eigenvalue weighted by Gasteiger charge is 2.31. The molecule has 34 heavy (non-hydrogen) atoms. The Kier molecular flexibility index (Phi) is 6.05. The van der Waals surface area contributed by atoms with E-state index >= 15 is 0 Å². The molecule has 0 unspecified atom stereocenters. The second-order valence-corrected chi connectivity index (χ2v) is 10.9. The average Bonchev–Trinajstić information content (AvgIpc) is 3.23. The maximum absolute atomic E-state index is 12.4. The van der Waals surface area contributed by atoms with Crippen LogP contribution in [0.25, 0.3) is 21.7 Å². The van der Waals surface area contributed by atoms with Crippen molar-refractivity contribution in [2.45, 2.75) is 18.8 Å². The van der Waals surface area contributed by atoms with Gasteiger partial charge in [-0.1, -0.05) is 6.07 Å². The Labute approximate surface area is 197 Å². The molecule has 2 aromatic carbocycles. The zero-order valence-electron chi connectivity index (χ0n) is 19.0. The number of benzene rings is 2. The van der Waals surface area contributed by atoms with Crippen molar-refractivity contribution in [1.82, 2.24) is 14.5 Å². The first-order chi connectivity index (χ1) is 16.3. The lowest BCUT2D eigenvalue weighted by atomic mass is 9.89. The average molecular weight is 486 g/mol. The summed E-state index contributed by atoms with van der Waals surface area (Å²) in [6.45, 7) is 3.61. The number of imide groups is 1. The van der Waals surface area contributed by atoms with E-state index in [1.54, 1.807) is 6.26 Å². The molecule has 0 radical (unpaired) electrons. The van der Waals surface area contributed by atoms with Crippen molar-refractivity contribution >= 4 is 43.6 Å². The van der Waals surface area contributed by atoms with Gasteiger partial charge in [0.1, 0.15) is 17.9 Å². The Bertz CT molecular complexity index is 1360. The van der Waals surface area contributed by atoms with E-state index < -0.39 is 15.9 Å². The van der Waals surface area contributed by atoms with Gasteiger partial charge in [-0.05, 0) is 41.5 Å². The number of carbonyl (C=O) groups is 2. The van der Waals surface area contributed by atoms with Gasteiger partial charge in [0.15, 0.2) is 0 Å². The first kappa shape index (κ1) is 22.8. The summed E-state index contributed by atoms with van der Waals surface area (Å²) in [5.41, 5.74) is 1.50. The molecule has 2 saturated heterocycles. The maximum atomic E-state index is 12.4. The molecular formula is C24H27N3O6S. The molecule has 0 aliphatic carbocycles. The fraction of sp³-hybridized carbons (Fsp3) is 0.417. The number of hydrogen-bond donors (Lipinski definition) is 1. The predicted octanol–water partition coefficient (Wildman–Crippen LogP) is 2.06. The van der Waals surface area contributed by atoms with E-state index in [1.165, 1.54) is 10.6 Å². The summed E-state index contributed by atoms with van der Waals surface area (Å²) in [5.74, 6) is -0.192. The van der Waals surface area contributed by atoms with Crippen LogP contribution in [0.5, 0.6) is 5.75 Å². The largest absolute Gasteiger partial charge is 0.492 e. The molecule has 1 N–H and O–H groups in total. The van der Waals surface area contributed by atoms with Gasteiger partial charge in [0.2, 0.25) is 21.8 Å². The fourth-order valence-electron chi connectivity index (χ4n) is 4.78. The van der Waals surface area contributed by atoms with Crippen molar-refractivity contribution in [3.63, 3.8) is 0 Å². The van der Waals surface area contributed by atoms with Crippen LogP contribution in [0.2, 0.25) is 0 Å². The highest BCUT2D eigenvalue weighted by Crippen LogP contribution is 2.37. The van der Waals surface area contributed by atoms with Crippen LogP contribution < -0.4 is 10.1 Å². The van der Waals surface area contributed by atoms with E-state index in [4.69, 9.17) is 9.15 Å². The van der Waals surface area contributed by atoms with Crippen molar-refractivity contribution in [2.24, 2.45) is 0 Å². The van der Waals surface area contributed by atoms with Gasteiger partial charge in [-0.15, -0.1) is 0 Å². The van der Waals surface area contributed by atoms with Crippen molar-refractivity contribution in [3.05, 3.63) is 42.2 Å². The smallest absolute Gasteiger partial charge is 0.234 e. The molecule has 2 fully saturated rings.